The smallest absolute Gasteiger partial charge is 0.178 e. The van der Waals surface area contributed by atoms with Gasteiger partial charge >= 0.3 is 0 Å². The van der Waals surface area contributed by atoms with Gasteiger partial charge in [-0.05, 0) is 36.9 Å². The summed E-state index contributed by atoms with van der Waals surface area (Å²) in [7, 11) is 3.55. The number of methoxy groups -OCH3 is 1. The molecule has 2 rings (SSSR count). The van der Waals surface area contributed by atoms with E-state index in [2.05, 4.69) is 0 Å². The maximum absolute atomic E-state index is 12.2. The van der Waals surface area contributed by atoms with Crippen molar-refractivity contribution in [1.82, 2.24) is 4.90 Å². The number of hydrogen-bond acceptors (Lipinski definition) is 3. The summed E-state index contributed by atoms with van der Waals surface area (Å²) < 4.78 is 5.20. The van der Waals surface area contributed by atoms with Crippen LogP contribution in [-0.2, 0) is 6.54 Å². The first kappa shape index (κ1) is 15.5. The fourth-order valence-electron chi connectivity index (χ4n) is 2.16. The maximum atomic E-state index is 12.2. The molecule has 0 saturated carbocycles. The average molecular weight is 304 g/mol. The number of ether oxygens (including phenoxy) is 1. The average Bonchev–Trinajstić information content (AvgIpc) is 2.47. The summed E-state index contributed by atoms with van der Waals surface area (Å²) in [6, 6.07) is 15.0. The molecule has 2 aromatic rings. The van der Waals surface area contributed by atoms with Crippen LogP contribution in [0, 0.1) is 0 Å². The van der Waals surface area contributed by atoms with Gasteiger partial charge in [0, 0.05) is 12.1 Å². The van der Waals surface area contributed by atoms with Gasteiger partial charge in [0.2, 0.25) is 0 Å². The summed E-state index contributed by atoms with van der Waals surface area (Å²) in [6.07, 6.45) is 0. The minimum Gasteiger partial charge on any atom is -0.497 e. The van der Waals surface area contributed by atoms with Crippen LogP contribution in [0.5, 0.6) is 5.75 Å². The van der Waals surface area contributed by atoms with Crippen molar-refractivity contribution in [1.29, 1.82) is 0 Å². The van der Waals surface area contributed by atoms with Gasteiger partial charge in [0.1, 0.15) is 5.75 Å². The van der Waals surface area contributed by atoms with Crippen LogP contribution in [0.3, 0.4) is 0 Å². The molecule has 0 aromatic heterocycles. The molecular weight excluding hydrogens is 286 g/mol. The number of halogens is 1. The molecule has 0 N–H and O–H groups in total. The summed E-state index contributed by atoms with van der Waals surface area (Å²) in [5.74, 6) is 0.837. The molecule has 0 spiro atoms. The SMILES string of the molecule is COc1cccc(CN(C)CC(=O)c2ccccc2Cl)c1. The lowest BCUT2D eigenvalue weighted by atomic mass is 10.1. The van der Waals surface area contributed by atoms with E-state index in [0.717, 1.165) is 11.3 Å². The van der Waals surface area contributed by atoms with E-state index in [9.17, 15) is 4.79 Å². The Morgan fingerprint density at radius 3 is 2.67 bits per heavy atom. The largest absolute Gasteiger partial charge is 0.497 e. The van der Waals surface area contributed by atoms with Crippen molar-refractivity contribution in [2.24, 2.45) is 0 Å². The molecule has 0 atom stereocenters. The third-order valence-electron chi connectivity index (χ3n) is 3.17. The van der Waals surface area contributed by atoms with E-state index < -0.39 is 0 Å². The molecule has 0 aliphatic rings. The van der Waals surface area contributed by atoms with E-state index in [1.165, 1.54) is 0 Å². The fourth-order valence-corrected chi connectivity index (χ4v) is 2.40. The van der Waals surface area contributed by atoms with Gasteiger partial charge < -0.3 is 4.74 Å². The molecule has 0 aliphatic heterocycles. The van der Waals surface area contributed by atoms with E-state index in [-0.39, 0.29) is 5.78 Å². The molecule has 0 heterocycles. The second-order valence-corrected chi connectivity index (χ2v) is 5.33. The number of likely N-dealkylation sites (N-methyl/N-ethyl adjacent to an activating group) is 1. The van der Waals surface area contributed by atoms with Crippen molar-refractivity contribution in [2.75, 3.05) is 20.7 Å². The number of benzene rings is 2. The summed E-state index contributed by atoms with van der Waals surface area (Å²) in [5, 5.41) is 0.497. The second-order valence-electron chi connectivity index (χ2n) is 4.93. The van der Waals surface area contributed by atoms with Crippen LogP contribution in [-0.4, -0.2) is 31.4 Å². The minimum atomic E-state index is 0.0194. The fraction of sp³-hybridized carbons (Fsp3) is 0.235. The molecular formula is C17H18ClNO2. The number of ketones is 1. The number of carbonyl (C=O) groups excluding carboxylic acids is 1. The van der Waals surface area contributed by atoms with Crippen molar-refractivity contribution < 1.29 is 9.53 Å². The zero-order valence-corrected chi connectivity index (χ0v) is 12.9. The van der Waals surface area contributed by atoms with E-state index in [4.69, 9.17) is 16.3 Å². The predicted octanol–water partition coefficient (Wildman–Crippen LogP) is 3.66. The van der Waals surface area contributed by atoms with Gasteiger partial charge in [0.15, 0.2) is 5.78 Å². The molecule has 2 aromatic carbocycles. The number of rotatable bonds is 6. The standard InChI is InChI=1S/C17H18ClNO2/c1-19(11-13-6-5-7-14(10-13)21-2)12-17(20)15-8-3-4-9-16(15)18/h3-10H,11-12H2,1-2H3. The Bertz CT molecular complexity index is 628. The third kappa shape index (κ3) is 4.31. The van der Waals surface area contributed by atoms with Gasteiger partial charge in [-0.2, -0.15) is 0 Å². The highest BCUT2D eigenvalue weighted by molar-refractivity contribution is 6.34. The molecule has 3 nitrogen and oxygen atoms in total. The van der Waals surface area contributed by atoms with Crippen LogP contribution in [0.1, 0.15) is 15.9 Å². The van der Waals surface area contributed by atoms with Crippen molar-refractivity contribution >= 4 is 17.4 Å². The van der Waals surface area contributed by atoms with Gasteiger partial charge in [-0.1, -0.05) is 35.9 Å². The first-order valence-corrected chi connectivity index (χ1v) is 7.07. The summed E-state index contributed by atoms with van der Waals surface area (Å²) in [6.45, 7) is 0.994. The monoisotopic (exact) mass is 303 g/mol. The Morgan fingerprint density at radius 1 is 1.19 bits per heavy atom. The zero-order valence-electron chi connectivity index (χ0n) is 12.2. The number of nitrogens with zero attached hydrogens (tertiary/aromatic N) is 1. The highest BCUT2D eigenvalue weighted by Gasteiger charge is 2.12. The molecule has 0 bridgehead atoms. The topological polar surface area (TPSA) is 29.5 Å². The lowest BCUT2D eigenvalue weighted by Gasteiger charge is -2.16. The van der Waals surface area contributed by atoms with Gasteiger partial charge in [0.05, 0.1) is 18.7 Å². The first-order chi connectivity index (χ1) is 10.1. The highest BCUT2D eigenvalue weighted by atomic mass is 35.5. The molecule has 0 saturated heterocycles. The van der Waals surface area contributed by atoms with Crippen molar-refractivity contribution in [3.63, 3.8) is 0 Å². The Hall–Kier alpha value is -1.84. The minimum absolute atomic E-state index is 0.0194. The lowest BCUT2D eigenvalue weighted by Crippen LogP contribution is -2.25. The molecule has 21 heavy (non-hydrogen) atoms. The normalized spacial score (nSPS) is 10.7. The number of carbonyl (C=O) groups is 1. The second kappa shape index (κ2) is 7.25. The van der Waals surface area contributed by atoms with Crippen LogP contribution in [0.25, 0.3) is 0 Å². The van der Waals surface area contributed by atoms with E-state index in [1.54, 1.807) is 19.2 Å². The quantitative estimate of drug-likeness (QED) is 0.763. The van der Waals surface area contributed by atoms with Crippen LogP contribution < -0.4 is 4.74 Å². The zero-order chi connectivity index (χ0) is 15.2. The first-order valence-electron chi connectivity index (χ1n) is 6.69. The van der Waals surface area contributed by atoms with Gasteiger partial charge in [-0.15, -0.1) is 0 Å². The highest BCUT2D eigenvalue weighted by Crippen LogP contribution is 2.17. The molecule has 0 radical (unpaired) electrons. The van der Waals surface area contributed by atoms with E-state index >= 15 is 0 Å². The maximum Gasteiger partial charge on any atom is 0.178 e. The lowest BCUT2D eigenvalue weighted by molar-refractivity contribution is 0.0943. The Kier molecular flexibility index (Phi) is 5.37. The van der Waals surface area contributed by atoms with Gasteiger partial charge in [0.25, 0.3) is 0 Å². The van der Waals surface area contributed by atoms with Crippen LogP contribution in [0.15, 0.2) is 48.5 Å². The van der Waals surface area contributed by atoms with Crippen molar-refractivity contribution in [2.45, 2.75) is 6.54 Å². The third-order valence-corrected chi connectivity index (χ3v) is 3.50. The predicted molar refractivity (Wildman–Crippen MR) is 85.1 cm³/mol. The molecule has 4 heteroatoms. The molecule has 0 aliphatic carbocycles. The van der Waals surface area contributed by atoms with E-state index in [1.807, 2.05) is 48.3 Å². The van der Waals surface area contributed by atoms with Crippen LogP contribution >= 0.6 is 11.6 Å². The number of hydrogen-bond donors (Lipinski definition) is 0. The van der Waals surface area contributed by atoms with Crippen molar-refractivity contribution in [3.8, 4) is 5.75 Å². The van der Waals surface area contributed by atoms with E-state index in [0.29, 0.717) is 23.7 Å². The summed E-state index contributed by atoms with van der Waals surface area (Å²) in [4.78, 5) is 14.2. The summed E-state index contributed by atoms with van der Waals surface area (Å²) in [5.41, 5.74) is 1.67. The Balaban J connectivity index is 1.99. The molecule has 0 fully saturated rings. The molecule has 0 unspecified atom stereocenters. The molecule has 110 valence electrons. The van der Waals surface area contributed by atoms with Gasteiger partial charge in [-0.3, -0.25) is 9.69 Å². The molecule has 0 amide bonds. The van der Waals surface area contributed by atoms with Crippen LogP contribution in [0.4, 0.5) is 0 Å². The number of Topliss-reactive ketones (excluding diaryl/α,β-unsaturated/α-hetero) is 1. The van der Waals surface area contributed by atoms with Crippen LogP contribution in [0.2, 0.25) is 5.02 Å². The Labute approximate surface area is 130 Å². The summed E-state index contributed by atoms with van der Waals surface area (Å²) >= 11 is 6.05. The Morgan fingerprint density at radius 2 is 1.95 bits per heavy atom. The van der Waals surface area contributed by atoms with Crippen molar-refractivity contribution in [3.05, 3.63) is 64.7 Å². The van der Waals surface area contributed by atoms with Gasteiger partial charge in [-0.25, -0.2) is 0 Å².